The molecule has 4 aliphatic carbocycles. The molecule has 4 rings (SSSR count). The molecule has 0 aromatic rings. The van der Waals surface area contributed by atoms with E-state index in [0.29, 0.717) is 17.1 Å². The lowest BCUT2D eigenvalue weighted by atomic mass is 9.49. The Morgan fingerprint density at radius 3 is 2.71 bits per heavy atom. The van der Waals surface area contributed by atoms with Crippen LogP contribution in [0, 0.1) is 35.0 Å². The number of carbonyl (C=O) groups excluding carboxylic acids is 1. The van der Waals surface area contributed by atoms with Crippen LogP contribution in [0.15, 0.2) is 11.1 Å². The topological polar surface area (TPSA) is 37.3 Å². The standard InChI is InChI=1S/C22H34O2/c1-4-14-12-22(3)19(13(2)23)9-10-20(22)18-7-5-15-11-16(24)6-8-17(15)21(14)18/h13-14,18-21,23H,4-12H2,1-3H3/t13-,14-,18-,19-,20+,21+,22+/m0/s1. The van der Waals surface area contributed by atoms with Gasteiger partial charge in [0.25, 0.3) is 0 Å². The highest BCUT2D eigenvalue weighted by Gasteiger charge is 2.58. The summed E-state index contributed by atoms with van der Waals surface area (Å²) < 4.78 is 0. The van der Waals surface area contributed by atoms with E-state index in [1.54, 1.807) is 5.57 Å². The van der Waals surface area contributed by atoms with Gasteiger partial charge in [-0.05, 0) is 80.5 Å². The van der Waals surface area contributed by atoms with Crippen LogP contribution in [-0.4, -0.2) is 17.0 Å². The van der Waals surface area contributed by atoms with Gasteiger partial charge in [0.05, 0.1) is 6.10 Å². The minimum Gasteiger partial charge on any atom is -0.393 e. The molecule has 4 aliphatic rings. The van der Waals surface area contributed by atoms with Crippen LogP contribution in [0.4, 0.5) is 0 Å². The quantitative estimate of drug-likeness (QED) is 0.731. The Kier molecular flexibility index (Phi) is 4.18. The van der Waals surface area contributed by atoms with Crippen molar-refractivity contribution < 1.29 is 9.90 Å². The smallest absolute Gasteiger partial charge is 0.137 e. The molecule has 2 nitrogen and oxygen atoms in total. The van der Waals surface area contributed by atoms with Crippen LogP contribution in [0.5, 0.6) is 0 Å². The van der Waals surface area contributed by atoms with Crippen molar-refractivity contribution in [2.24, 2.45) is 35.0 Å². The lowest BCUT2D eigenvalue weighted by molar-refractivity contribution is -0.119. The third-order valence-corrected chi connectivity index (χ3v) is 8.50. The second-order valence-corrected chi connectivity index (χ2v) is 9.48. The maximum absolute atomic E-state index is 11.9. The predicted molar refractivity (Wildman–Crippen MR) is 96.5 cm³/mol. The van der Waals surface area contributed by atoms with Crippen LogP contribution in [-0.2, 0) is 4.79 Å². The van der Waals surface area contributed by atoms with Crippen molar-refractivity contribution in [3.8, 4) is 0 Å². The largest absolute Gasteiger partial charge is 0.393 e. The number of hydrogen-bond donors (Lipinski definition) is 1. The number of hydrogen-bond acceptors (Lipinski definition) is 2. The van der Waals surface area contributed by atoms with Crippen molar-refractivity contribution in [3.05, 3.63) is 11.1 Å². The number of aliphatic hydroxyl groups excluding tert-OH is 1. The lowest BCUT2D eigenvalue weighted by Gasteiger charge is -2.56. The Labute approximate surface area is 147 Å². The van der Waals surface area contributed by atoms with Crippen molar-refractivity contribution >= 4 is 5.78 Å². The first-order valence-electron chi connectivity index (χ1n) is 10.4. The van der Waals surface area contributed by atoms with Gasteiger partial charge in [-0.1, -0.05) is 31.4 Å². The number of allylic oxidation sites excluding steroid dienone is 2. The van der Waals surface area contributed by atoms with Gasteiger partial charge in [0.2, 0.25) is 0 Å². The summed E-state index contributed by atoms with van der Waals surface area (Å²) in [5, 5.41) is 10.4. The first-order chi connectivity index (χ1) is 11.5. The summed E-state index contributed by atoms with van der Waals surface area (Å²) in [7, 11) is 0. The molecule has 0 amide bonds. The van der Waals surface area contributed by atoms with E-state index in [9.17, 15) is 9.90 Å². The van der Waals surface area contributed by atoms with E-state index >= 15 is 0 Å². The molecule has 134 valence electrons. The van der Waals surface area contributed by atoms with Crippen molar-refractivity contribution in [1.82, 2.24) is 0 Å². The zero-order chi connectivity index (χ0) is 17.1. The Bertz CT molecular complexity index is 560. The average Bonchev–Trinajstić information content (AvgIpc) is 2.90. The second kappa shape index (κ2) is 5.97. The first kappa shape index (κ1) is 16.8. The van der Waals surface area contributed by atoms with Crippen LogP contribution in [0.1, 0.15) is 78.6 Å². The van der Waals surface area contributed by atoms with Gasteiger partial charge in [0.1, 0.15) is 5.78 Å². The van der Waals surface area contributed by atoms with Gasteiger partial charge in [-0.3, -0.25) is 4.79 Å². The zero-order valence-corrected chi connectivity index (χ0v) is 15.7. The van der Waals surface area contributed by atoms with E-state index in [2.05, 4.69) is 13.8 Å². The number of rotatable bonds is 2. The fourth-order valence-corrected chi connectivity index (χ4v) is 7.59. The lowest BCUT2D eigenvalue weighted by Crippen LogP contribution is -2.49. The number of fused-ring (bicyclic) bond motifs is 4. The third-order valence-electron chi connectivity index (χ3n) is 8.50. The fraction of sp³-hybridized carbons (Fsp3) is 0.864. The molecule has 7 atom stereocenters. The maximum atomic E-state index is 11.9. The minimum absolute atomic E-state index is 0.167. The molecule has 1 N–H and O–H groups in total. The molecule has 0 heterocycles. The Morgan fingerprint density at radius 1 is 1.21 bits per heavy atom. The SMILES string of the molecule is CC[C@H]1C[C@@]2(C)[C@H](CC[C@H]2[C@H](C)O)[C@@H]2CCC3=C(CCC(=O)C3)[C@@H]12. The highest BCUT2D eigenvalue weighted by Crippen LogP contribution is 2.65. The van der Waals surface area contributed by atoms with Crippen LogP contribution < -0.4 is 0 Å². The average molecular weight is 331 g/mol. The summed E-state index contributed by atoms with van der Waals surface area (Å²) in [4.78, 5) is 11.9. The second-order valence-electron chi connectivity index (χ2n) is 9.48. The molecule has 0 unspecified atom stereocenters. The molecule has 0 aromatic heterocycles. The highest BCUT2D eigenvalue weighted by molar-refractivity contribution is 5.82. The summed E-state index contributed by atoms with van der Waals surface area (Å²) in [6.45, 7) is 6.87. The summed E-state index contributed by atoms with van der Waals surface area (Å²) >= 11 is 0. The highest BCUT2D eigenvalue weighted by atomic mass is 16.3. The Balaban J connectivity index is 1.70. The number of Topliss-reactive ketones (excluding diaryl/α,β-unsaturated/α-hetero) is 1. The zero-order valence-electron chi connectivity index (χ0n) is 15.7. The van der Waals surface area contributed by atoms with E-state index < -0.39 is 0 Å². The molecule has 0 aliphatic heterocycles. The summed E-state index contributed by atoms with van der Waals surface area (Å²) in [6, 6.07) is 0. The maximum Gasteiger partial charge on any atom is 0.137 e. The van der Waals surface area contributed by atoms with Gasteiger partial charge in [-0.2, -0.15) is 0 Å². The molecule has 0 aromatic carbocycles. The summed E-state index contributed by atoms with van der Waals surface area (Å²) in [6.07, 6.45) is 9.95. The summed E-state index contributed by atoms with van der Waals surface area (Å²) in [5.41, 5.74) is 3.57. The van der Waals surface area contributed by atoms with E-state index in [0.717, 1.165) is 42.9 Å². The van der Waals surface area contributed by atoms with Crippen molar-refractivity contribution in [2.45, 2.75) is 84.7 Å². The molecule has 0 radical (unpaired) electrons. The Hall–Kier alpha value is -0.630. The minimum atomic E-state index is -0.167. The molecule has 0 spiro atoms. The van der Waals surface area contributed by atoms with E-state index in [4.69, 9.17) is 0 Å². The van der Waals surface area contributed by atoms with Crippen LogP contribution >= 0.6 is 0 Å². The normalized spacial score (nSPS) is 46.3. The molecule has 0 bridgehead atoms. The first-order valence-corrected chi connectivity index (χ1v) is 10.4. The predicted octanol–water partition coefficient (Wildman–Crippen LogP) is 4.91. The van der Waals surface area contributed by atoms with Crippen LogP contribution in [0.3, 0.4) is 0 Å². The van der Waals surface area contributed by atoms with E-state index in [1.165, 1.54) is 44.1 Å². The van der Waals surface area contributed by atoms with Crippen molar-refractivity contribution in [3.63, 3.8) is 0 Å². The molecule has 2 saturated carbocycles. The van der Waals surface area contributed by atoms with Gasteiger partial charge in [-0.15, -0.1) is 0 Å². The van der Waals surface area contributed by atoms with Crippen LogP contribution in [0.2, 0.25) is 0 Å². The number of ketones is 1. The van der Waals surface area contributed by atoms with Crippen molar-refractivity contribution in [2.75, 3.05) is 0 Å². The van der Waals surface area contributed by atoms with Gasteiger partial charge >= 0.3 is 0 Å². The molecule has 24 heavy (non-hydrogen) atoms. The molecular weight excluding hydrogens is 296 g/mol. The van der Waals surface area contributed by atoms with Crippen LogP contribution in [0.25, 0.3) is 0 Å². The van der Waals surface area contributed by atoms with E-state index in [-0.39, 0.29) is 6.10 Å². The third kappa shape index (κ3) is 2.35. The number of aliphatic hydroxyl groups is 1. The van der Waals surface area contributed by atoms with Gasteiger partial charge in [0, 0.05) is 12.8 Å². The van der Waals surface area contributed by atoms with Crippen molar-refractivity contribution in [1.29, 1.82) is 0 Å². The monoisotopic (exact) mass is 330 g/mol. The van der Waals surface area contributed by atoms with E-state index in [1.807, 2.05) is 6.92 Å². The molecule has 0 saturated heterocycles. The summed E-state index contributed by atoms with van der Waals surface area (Å²) in [5.74, 6) is 4.06. The van der Waals surface area contributed by atoms with Gasteiger partial charge in [0.15, 0.2) is 0 Å². The van der Waals surface area contributed by atoms with Gasteiger partial charge < -0.3 is 5.11 Å². The Morgan fingerprint density at radius 2 is 2.00 bits per heavy atom. The fourth-order valence-electron chi connectivity index (χ4n) is 7.59. The molecular formula is C22H34O2. The molecule has 2 heteroatoms. The van der Waals surface area contributed by atoms with Gasteiger partial charge in [-0.25, -0.2) is 0 Å². The molecule has 2 fully saturated rings. The number of carbonyl (C=O) groups is 1.